The van der Waals surface area contributed by atoms with Crippen LogP contribution in [0, 0.1) is 0 Å². The standard InChI is InChI=1S/C20H21N3O3/c24-19-14-4-1-2-5-15(14)20(25)18-16(19)6-3-7-17(18)23-11-8-21-10-13-26-22-9-12-23/h1-7,21-22H,8-13H2. The van der Waals surface area contributed by atoms with Crippen molar-refractivity contribution in [2.24, 2.45) is 0 Å². The highest BCUT2D eigenvalue weighted by Crippen LogP contribution is 2.33. The van der Waals surface area contributed by atoms with Crippen molar-refractivity contribution in [2.45, 2.75) is 0 Å². The van der Waals surface area contributed by atoms with E-state index >= 15 is 0 Å². The van der Waals surface area contributed by atoms with Crippen molar-refractivity contribution in [1.82, 2.24) is 10.8 Å². The molecule has 6 heteroatoms. The van der Waals surface area contributed by atoms with Crippen LogP contribution >= 0.6 is 0 Å². The summed E-state index contributed by atoms with van der Waals surface area (Å²) in [6.45, 7) is 4.24. The second-order valence-corrected chi connectivity index (χ2v) is 6.38. The summed E-state index contributed by atoms with van der Waals surface area (Å²) < 4.78 is 0. The first-order valence-corrected chi connectivity index (χ1v) is 8.89. The first-order valence-electron chi connectivity index (χ1n) is 8.89. The van der Waals surface area contributed by atoms with Gasteiger partial charge in [0.1, 0.15) is 0 Å². The summed E-state index contributed by atoms with van der Waals surface area (Å²) in [5, 5.41) is 3.31. The lowest BCUT2D eigenvalue weighted by atomic mass is 9.83. The van der Waals surface area contributed by atoms with Crippen LogP contribution in [0.1, 0.15) is 31.8 Å². The van der Waals surface area contributed by atoms with Gasteiger partial charge in [0.2, 0.25) is 0 Å². The van der Waals surface area contributed by atoms with Gasteiger partial charge in [-0.25, -0.2) is 5.48 Å². The molecule has 0 atom stereocenters. The number of ketones is 2. The van der Waals surface area contributed by atoms with E-state index in [9.17, 15) is 9.59 Å². The Hall–Kier alpha value is -2.54. The minimum atomic E-state index is -0.0855. The van der Waals surface area contributed by atoms with Gasteiger partial charge < -0.3 is 15.1 Å². The third-order valence-electron chi connectivity index (χ3n) is 4.80. The fraction of sp³-hybridized carbons (Fsp3) is 0.300. The van der Waals surface area contributed by atoms with Gasteiger partial charge in [-0.1, -0.05) is 36.4 Å². The molecule has 0 spiro atoms. The van der Waals surface area contributed by atoms with E-state index in [1.54, 1.807) is 30.3 Å². The molecule has 2 aromatic rings. The van der Waals surface area contributed by atoms with Crippen molar-refractivity contribution >= 4 is 17.3 Å². The molecule has 1 heterocycles. The molecule has 0 unspecified atom stereocenters. The monoisotopic (exact) mass is 351 g/mol. The Balaban J connectivity index is 1.74. The quantitative estimate of drug-likeness (QED) is 0.691. The third-order valence-corrected chi connectivity index (χ3v) is 4.80. The Labute approximate surface area is 152 Å². The van der Waals surface area contributed by atoms with Gasteiger partial charge in [0.05, 0.1) is 12.2 Å². The van der Waals surface area contributed by atoms with Gasteiger partial charge in [0, 0.05) is 55.1 Å². The Morgan fingerprint density at radius 2 is 1.54 bits per heavy atom. The van der Waals surface area contributed by atoms with Crippen LogP contribution in [0.3, 0.4) is 0 Å². The van der Waals surface area contributed by atoms with Gasteiger partial charge in [0.15, 0.2) is 11.6 Å². The van der Waals surface area contributed by atoms with Crippen LogP contribution in [0.2, 0.25) is 0 Å². The molecule has 1 aliphatic carbocycles. The highest BCUT2D eigenvalue weighted by Gasteiger charge is 2.32. The van der Waals surface area contributed by atoms with E-state index in [-0.39, 0.29) is 11.6 Å². The SMILES string of the molecule is O=C1c2ccccc2C(=O)c2c1cccc2N1CCNCCONCC1. The molecule has 0 amide bonds. The number of anilines is 1. The van der Waals surface area contributed by atoms with E-state index in [1.807, 2.05) is 12.1 Å². The Morgan fingerprint density at radius 1 is 0.808 bits per heavy atom. The van der Waals surface area contributed by atoms with Crippen LogP contribution in [0.15, 0.2) is 42.5 Å². The largest absolute Gasteiger partial charge is 0.368 e. The maximum absolute atomic E-state index is 13.2. The summed E-state index contributed by atoms with van der Waals surface area (Å²) in [4.78, 5) is 33.5. The average molecular weight is 351 g/mol. The number of nitrogens with zero attached hydrogens (tertiary/aromatic N) is 1. The molecular weight excluding hydrogens is 330 g/mol. The lowest BCUT2D eigenvalue weighted by Gasteiger charge is -2.30. The molecule has 1 saturated heterocycles. The third kappa shape index (κ3) is 3.03. The number of benzene rings is 2. The molecule has 2 aromatic carbocycles. The van der Waals surface area contributed by atoms with Gasteiger partial charge in [-0.2, -0.15) is 0 Å². The molecule has 0 bridgehead atoms. The van der Waals surface area contributed by atoms with Gasteiger partial charge in [-0.3, -0.25) is 9.59 Å². The lowest BCUT2D eigenvalue weighted by Crippen LogP contribution is -2.41. The van der Waals surface area contributed by atoms with Gasteiger partial charge in [-0.15, -0.1) is 0 Å². The zero-order valence-electron chi connectivity index (χ0n) is 14.5. The summed E-state index contributed by atoms with van der Waals surface area (Å²) in [5.74, 6) is -0.169. The van der Waals surface area contributed by atoms with Crippen LogP contribution < -0.4 is 15.7 Å². The van der Waals surface area contributed by atoms with Crippen molar-refractivity contribution in [3.8, 4) is 0 Å². The van der Waals surface area contributed by atoms with Crippen molar-refractivity contribution in [2.75, 3.05) is 44.2 Å². The number of hydrogen-bond donors (Lipinski definition) is 2. The van der Waals surface area contributed by atoms with Crippen LogP contribution in [-0.2, 0) is 4.84 Å². The molecule has 2 N–H and O–H groups in total. The van der Waals surface area contributed by atoms with E-state index in [0.717, 1.165) is 25.3 Å². The number of carbonyl (C=O) groups is 2. The Bertz CT molecular complexity index is 840. The summed E-state index contributed by atoms with van der Waals surface area (Å²) in [7, 11) is 0. The summed E-state index contributed by atoms with van der Waals surface area (Å²) in [6, 6.07) is 12.6. The zero-order chi connectivity index (χ0) is 17.9. The van der Waals surface area contributed by atoms with E-state index in [1.165, 1.54) is 0 Å². The maximum atomic E-state index is 13.2. The second-order valence-electron chi connectivity index (χ2n) is 6.38. The van der Waals surface area contributed by atoms with Gasteiger partial charge >= 0.3 is 0 Å². The topological polar surface area (TPSA) is 70.7 Å². The van der Waals surface area contributed by atoms with Crippen LogP contribution in [0.25, 0.3) is 0 Å². The van der Waals surface area contributed by atoms with E-state index < -0.39 is 0 Å². The number of nitrogens with one attached hydrogen (secondary N) is 2. The van der Waals surface area contributed by atoms with E-state index in [2.05, 4.69) is 15.7 Å². The number of fused-ring (bicyclic) bond motifs is 2. The number of rotatable bonds is 1. The average Bonchev–Trinajstić information content (AvgIpc) is 2.69. The summed E-state index contributed by atoms with van der Waals surface area (Å²) in [6.07, 6.45) is 0. The minimum absolute atomic E-state index is 0.0833. The molecule has 1 fully saturated rings. The predicted molar refractivity (Wildman–Crippen MR) is 98.8 cm³/mol. The fourth-order valence-corrected chi connectivity index (χ4v) is 3.53. The zero-order valence-corrected chi connectivity index (χ0v) is 14.5. The van der Waals surface area contributed by atoms with E-state index in [4.69, 9.17) is 4.84 Å². The smallest absolute Gasteiger partial charge is 0.196 e. The molecule has 6 nitrogen and oxygen atoms in total. The van der Waals surface area contributed by atoms with Crippen LogP contribution in [-0.4, -0.2) is 50.9 Å². The number of carbonyl (C=O) groups excluding carboxylic acids is 2. The molecule has 2 aliphatic rings. The first kappa shape index (κ1) is 16.9. The van der Waals surface area contributed by atoms with Crippen molar-refractivity contribution in [3.05, 3.63) is 64.7 Å². The normalized spacial score (nSPS) is 18.2. The number of hydrogen-bond acceptors (Lipinski definition) is 6. The minimum Gasteiger partial charge on any atom is -0.368 e. The van der Waals surface area contributed by atoms with Gasteiger partial charge in [0.25, 0.3) is 0 Å². The summed E-state index contributed by atoms with van der Waals surface area (Å²) in [5.41, 5.74) is 5.71. The first-order chi connectivity index (χ1) is 12.8. The van der Waals surface area contributed by atoms with E-state index in [0.29, 0.717) is 42.0 Å². The molecule has 0 radical (unpaired) electrons. The molecule has 1 aliphatic heterocycles. The Kier molecular flexibility index (Phi) is 4.79. The fourth-order valence-electron chi connectivity index (χ4n) is 3.53. The molecule has 4 rings (SSSR count). The molecule has 134 valence electrons. The van der Waals surface area contributed by atoms with Crippen LogP contribution in [0.5, 0.6) is 0 Å². The molecule has 0 aromatic heterocycles. The number of hydroxylamine groups is 1. The molecule has 0 saturated carbocycles. The summed E-state index contributed by atoms with van der Waals surface area (Å²) >= 11 is 0. The lowest BCUT2D eigenvalue weighted by molar-refractivity contribution is 0.0438. The van der Waals surface area contributed by atoms with Gasteiger partial charge in [-0.05, 0) is 6.07 Å². The maximum Gasteiger partial charge on any atom is 0.196 e. The second kappa shape index (κ2) is 7.37. The van der Waals surface area contributed by atoms with Crippen molar-refractivity contribution in [3.63, 3.8) is 0 Å². The predicted octanol–water partition coefficient (Wildman–Crippen LogP) is 1.39. The molecular formula is C20H21N3O3. The van der Waals surface area contributed by atoms with Crippen molar-refractivity contribution < 1.29 is 14.4 Å². The van der Waals surface area contributed by atoms with Crippen molar-refractivity contribution in [1.29, 1.82) is 0 Å². The van der Waals surface area contributed by atoms with Crippen LogP contribution in [0.4, 0.5) is 5.69 Å². The molecule has 26 heavy (non-hydrogen) atoms. The highest BCUT2D eigenvalue weighted by molar-refractivity contribution is 6.30. The Morgan fingerprint density at radius 3 is 2.38 bits per heavy atom. The highest BCUT2D eigenvalue weighted by atomic mass is 16.6.